The van der Waals surface area contributed by atoms with Crippen LogP contribution in [0.3, 0.4) is 0 Å². The third kappa shape index (κ3) is 3.91. The largest absolute Gasteiger partial charge is 0.503 e. The summed E-state index contributed by atoms with van der Waals surface area (Å²) in [5, 5.41) is 9.87. The predicted octanol–water partition coefficient (Wildman–Crippen LogP) is 4.07. The van der Waals surface area contributed by atoms with Gasteiger partial charge in [0.2, 0.25) is 0 Å². The van der Waals surface area contributed by atoms with Gasteiger partial charge < -0.3 is 19.6 Å². The molecule has 0 amide bonds. The fourth-order valence-corrected chi connectivity index (χ4v) is 2.85. The number of H-pyrrole nitrogens is 1. The first-order valence-corrected chi connectivity index (χ1v) is 8.33. The van der Waals surface area contributed by atoms with E-state index in [0.717, 1.165) is 0 Å². The summed E-state index contributed by atoms with van der Waals surface area (Å²) in [6.07, 6.45) is 2.94. The standard InChI is InChI=1S/C19H20ClNO5/c1-5-26-19(24)17-10(2)16(11(3)21-17)14(22)7-6-12-8-13(20)18(23)15(9-12)25-4/h6-9,21,23H,5H2,1-4H3/b7-6-. The molecule has 1 aromatic carbocycles. The van der Waals surface area contributed by atoms with E-state index in [0.29, 0.717) is 22.4 Å². The number of rotatable bonds is 6. The van der Waals surface area contributed by atoms with Crippen LogP contribution in [0.4, 0.5) is 0 Å². The van der Waals surface area contributed by atoms with Gasteiger partial charge in [0.05, 0.1) is 18.7 Å². The van der Waals surface area contributed by atoms with Crippen LogP contribution >= 0.6 is 11.6 Å². The molecule has 2 rings (SSSR count). The van der Waals surface area contributed by atoms with Crippen LogP contribution in [0.1, 0.15) is 44.6 Å². The molecule has 0 aliphatic heterocycles. The molecule has 0 aliphatic carbocycles. The Labute approximate surface area is 156 Å². The molecule has 2 aromatic rings. The molecule has 7 heteroatoms. The smallest absolute Gasteiger partial charge is 0.355 e. The zero-order valence-corrected chi connectivity index (χ0v) is 15.7. The summed E-state index contributed by atoms with van der Waals surface area (Å²) in [5.41, 5.74) is 2.41. The quantitative estimate of drug-likeness (QED) is 0.450. The van der Waals surface area contributed by atoms with Gasteiger partial charge in [0.25, 0.3) is 0 Å². The van der Waals surface area contributed by atoms with Crippen molar-refractivity contribution in [1.29, 1.82) is 0 Å². The van der Waals surface area contributed by atoms with Crippen molar-refractivity contribution in [3.05, 3.63) is 51.3 Å². The van der Waals surface area contributed by atoms with Crippen LogP contribution in [0.15, 0.2) is 18.2 Å². The van der Waals surface area contributed by atoms with Crippen molar-refractivity contribution >= 4 is 29.4 Å². The lowest BCUT2D eigenvalue weighted by Crippen LogP contribution is -2.07. The van der Waals surface area contributed by atoms with Gasteiger partial charge in [-0.25, -0.2) is 4.79 Å². The summed E-state index contributed by atoms with van der Waals surface area (Å²) >= 11 is 5.94. The molecular weight excluding hydrogens is 358 g/mol. The van der Waals surface area contributed by atoms with E-state index in [1.54, 1.807) is 32.9 Å². The fraction of sp³-hybridized carbons (Fsp3) is 0.263. The first kappa shape index (κ1) is 19.6. The highest BCUT2D eigenvalue weighted by molar-refractivity contribution is 6.32. The van der Waals surface area contributed by atoms with Crippen molar-refractivity contribution in [2.75, 3.05) is 13.7 Å². The maximum Gasteiger partial charge on any atom is 0.355 e. The Morgan fingerprint density at radius 1 is 1.31 bits per heavy atom. The number of allylic oxidation sites excluding steroid dienone is 1. The van der Waals surface area contributed by atoms with Gasteiger partial charge in [0.15, 0.2) is 17.3 Å². The van der Waals surface area contributed by atoms with E-state index < -0.39 is 5.97 Å². The summed E-state index contributed by atoms with van der Waals surface area (Å²) in [5.74, 6) is -0.710. The number of esters is 1. The lowest BCUT2D eigenvalue weighted by molar-refractivity contribution is 0.0519. The normalized spacial score (nSPS) is 11.0. The summed E-state index contributed by atoms with van der Waals surface area (Å²) < 4.78 is 10.0. The van der Waals surface area contributed by atoms with Gasteiger partial charge in [-0.05, 0) is 50.1 Å². The van der Waals surface area contributed by atoms with E-state index in [2.05, 4.69) is 4.98 Å². The molecule has 1 heterocycles. The minimum absolute atomic E-state index is 0.120. The molecule has 0 unspecified atom stereocenters. The fourth-order valence-electron chi connectivity index (χ4n) is 2.63. The number of nitrogens with one attached hydrogen (secondary N) is 1. The molecule has 0 atom stereocenters. The van der Waals surface area contributed by atoms with Crippen LogP contribution in [0.25, 0.3) is 6.08 Å². The Kier molecular flexibility index (Phi) is 6.10. The first-order chi connectivity index (χ1) is 12.3. The molecule has 0 saturated heterocycles. The second-order valence-electron chi connectivity index (χ2n) is 5.60. The van der Waals surface area contributed by atoms with Crippen molar-refractivity contribution in [2.24, 2.45) is 0 Å². The first-order valence-electron chi connectivity index (χ1n) is 7.95. The lowest BCUT2D eigenvalue weighted by atomic mass is 10.0. The molecule has 1 aromatic heterocycles. The summed E-state index contributed by atoms with van der Waals surface area (Å²) in [6.45, 7) is 5.38. The number of methoxy groups -OCH3 is 1. The van der Waals surface area contributed by atoms with Gasteiger partial charge in [0.1, 0.15) is 5.69 Å². The van der Waals surface area contributed by atoms with Crippen molar-refractivity contribution in [3.63, 3.8) is 0 Å². The molecule has 0 bridgehead atoms. The minimum atomic E-state index is -0.494. The van der Waals surface area contributed by atoms with Crippen LogP contribution < -0.4 is 4.74 Å². The summed E-state index contributed by atoms with van der Waals surface area (Å²) in [4.78, 5) is 27.4. The highest BCUT2D eigenvalue weighted by Gasteiger charge is 2.21. The Morgan fingerprint density at radius 2 is 2.00 bits per heavy atom. The molecule has 0 radical (unpaired) electrons. The number of aromatic nitrogens is 1. The van der Waals surface area contributed by atoms with Gasteiger partial charge in [-0.15, -0.1) is 0 Å². The number of phenolic OH excluding ortho intramolecular Hbond substituents is 1. The Morgan fingerprint density at radius 3 is 2.62 bits per heavy atom. The number of ketones is 1. The van der Waals surface area contributed by atoms with Crippen molar-refractivity contribution in [3.8, 4) is 11.5 Å². The number of phenols is 1. The Hall–Kier alpha value is -2.73. The number of carbonyl (C=O) groups excluding carboxylic acids is 2. The molecule has 0 fully saturated rings. The molecule has 26 heavy (non-hydrogen) atoms. The highest BCUT2D eigenvalue weighted by atomic mass is 35.5. The van der Waals surface area contributed by atoms with Crippen LogP contribution in [-0.4, -0.2) is 35.6 Å². The minimum Gasteiger partial charge on any atom is -0.503 e. The maximum absolute atomic E-state index is 12.6. The number of ether oxygens (including phenoxy) is 2. The average Bonchev–Trinajstić information content (AvgIpc) is 2.90. The molecule has 138 valence electrons. The number of aryl methyl sites for hydroxylation is 1. The second-order valence-corrected chi connectivity index (χ2v) is 6.00. The molecule has 0 aliphatic rings. The SMILES string of the molecule is CCOC(=O)c1[nH]c(C)c(C(=O)/C=C\c2cc(Cl)c(O)c(OC)c2)c1C. The van der Waals surface area contributed by atoms with E-state index in [4.69, 9.17) is 21.1 Å². The van der Waals surface area contributed by atoms with Crippen molar-refractivity contribution in [2.45, 2.75) is 20.8 Å². The number of halogens is 1. The van der Waals surface area contributed by atoms with Gasteiger partial charge >= 0.3 is 5.97 Å². The van der Waals surface area contributed by atoms with Gasteiger partial charge in [-0.3, -0.25) is 4.79 Å². The third-order valence-electron chi connectivity index (χ3n) is 3.86. The van der Waals surface area contributed by atoms with Crippen LogP contribution in [0.5, 0.6) is 11.5 Å². The van der Waals surface area contributed by atoms with Gasteiger partial charge in [0, 0.05) is 11.3 Å². The van der Waals surface area contributed by atoms with E-state index >= 15 is 0 Å². The number of carbonyl (C=O) groups is 2. The van der Waals surface area contributed by atoms with Gasteiger partial charge in [-0.1, -0.05) is 17.7 Å². The Balaban J connectivity index is 2.32. The zero-order chi connectivity index (χ0) is 19.4. The summed E-state index contributed by atoms with van der Waals surface area (Å²) in [6, 6.07) is 3.08. The van der Waals surface area contributed by atoms with E-state index in [1.165, 1.54) is 19.3 Å². The van der Waals surface area contributed by atoms with Crippen molar-refractivity contribution < 1.29 is 24.2 Å². The van der Waals surface area contributed by atoms with E-state index in [-0.39, 0.29) is 34.6 Å². The number of hydrogen-bond acceptors (Lipinski definition) is 5. The zero-order valence-electron chi connectivity index (χ0n) is 15.0. The van der Waals surface area contributed by atoms with E-state index in [9.17, 15) is 14.7 Å². The molecule has 2 N–H and O–H groups in total. The van der Waals surface area contributed by atoms with E-state index in [1.807, 2.05) is 0 Å². The molecule has 0 saturated carbocycles. The van der Waals surface area contributed by atoms with Crippen molar-refractivity contribution in [1.82, 2.24) is 4.98 Å². The number of aromatic amines is 1. The number of aromatic hydroxyl groups is 1. The molecule has 6 nitrogen and oxygen atoms in total. The average molecular weight is 378 g/mol. The van der Waals surface area contributed by atoms with Crippen LogP contribution in [-0.2, 0) is 4.74 Å². The molecular formula is C19H20ClNO5. The topological polar surface area (TPSA) is 88.6 Å². The highest BCUT2D eigenvalue weighted by Crippen LogP contribution is 2.35. The molecule has 0 spiro atoms. The number of hydrogen-bond donors (Lipinski definition) is 2. The third-order valence-corrected chi connectivity index (χ3v) is 4.15. The van der Waals surface area contributed by atoms with Crippen LogP contribution in [0.2, 0.25) is 5.02 Å². The monoisotopic (exact) mass is 377 g/mol. The summed E-state index contributed by atoms with van der Waals surface area (Å²) in [7, 11) is 1.41. The Bertz CT molecular complexity index is 883. The predicted molar refractivity (Wildman–Crippen MR) is 99.3 cm³/mol. The van der Waals surface area contributed by atoms with Crippen LogP contribution in [0, 0.1) is 13.8 Å². The lowest BCUT2D eigenvalue weighted by Gasteiger charge is -2.06. The van der Waals surface area contributed by atoms with Gasteiger partial charge in [-0.2, -0.15) is 0 Å². The maximum atomic E-state index is 12.6. The number of benzene rings is 1. The second kappa shape index (κ2) is 8.10.